The second-order valence-electron chi connectivity index (χ2n) is 6.42. The van der Waals surface area contributed by atoms with Crippen LogP contribution in [0.2, 0.25) is 0 Å². The zero-order chi connectivity index (χ0) is 16.1. The molecule has 2 aliphatic rings. The summed E-state index contributed by atoms with van der Waals surface area (Å²) in [6, 6.07) is 8.54. The lowest BCUT2D eigenvalue weighted by molar-refractivity contribution is -0.130. The predicted octanol–water partition coefficient (Wildman–Crippen LogP) is 1.56. The molecule has 0 bridgehead atoms. The molecular weight excluding hydrogens is 326 g/mol. The molecule has 0 spiro atoms. The highest BCUT2D eigenvalue weighted by Crippen LogP contribution is 2.19. The van der Waals surface area contributed by atoms with Gasteiger partial charge in [0.15, 0.2) is 0 Å². The van der Waals surface area contributed by atoms with Crippen LogP contribution in [0.15, 0.2) is 24.3 Å². The van der Waals surface area contributed by atoms with Crippen molar-refractivity contribution in [2.75, 3.05) is 46.4 Å². The van der Waals surface area contributed by atoms with Crippen molar-refractivity contribution < 1.29 is 9.53 Å². The van der Waals surface area contributed by atoms with Crippen molar-refractivity contribution in [1.82, 2.24) is 15.1 Å². The number of hydrogen-bond donors (Lipinski definition) is 1. The molecule has 1 unspecified atom stereocenters. The van der Waals surface area contributed by atoms with Gasteiger partial charge in [-0.05, 0) is 30.5 Å². The Balaban J connectivity index is 0.00000208. The molecule has 0 radical (unpaired) electrons. The smallest absolute Gasteiger partial charge is 0.222 e. The van der Waals surface area contributed by atoms with Gasteiger partial charge in [0, 0.05) is 51.7 Å². The Kier molecular flexibility index (Phi) is 7.34. The van der Waals surface area contributed by atoms with E-state index >= 15 is 0 Å². The monoisotopic (exact) mass is 353 g/mol. The molecule has 3 rings (SSSR count). The van der Waals surface area contributed by atoms with Crippen LogP contribution in [0.5, 0.6) is 5.75 Å². The van der Waals surface area contributed by atoms with E-state index in [9.17, 15) is 4.79 Å². The van der Waals surface area contributed by atoms with Crippen LogP contribution in [0.1, 0.15) is 18.4 Å². The quantitative estimate of drug-likeness (QED) is 0.872. The molecule has 0 aromatic heterocycles. The number of ether oxygens (including phenoxy) is 1. The molecular formula is C18H28ClN3O2. The van der Waals surface area contributed by atoms with E-state index in [1.165, 1.54) is 0 Å². The summed E-state index contributed by atoms with van der Waals surface area (Å²) in [5, 5.41) is 3.39. The molecule has 134 valence electrons. The van der Waals surface area contributed by atoms with E-state index in [2.05, 4.69) is 16.3 Å². The number of nitrogens with one attached hydrogen (secondary N) is 1. The minimum Gasteiger partial charge on any atom is -0.497 e. The normalized spacial score (nSPS) is 21.4. The number of nitrogens with zero attached hydrogens (tertiary/aromatic N) is 2. The fourth-order valence-corrected chi connectivity index (χ4v) is 3.55. The Morgan fingerprint density at radius 1 is 1.29 bits per heavy atom. The highest BCUT2D eigenvalue weighted by Gasteiger charge is 2.30. The molecule has 24 heavy (non-hydrogen) atoms. The van der Waals surface area contributed by atoms with E-state index < -0.39 is 0 Å². The topological polar surface area (TPSA) is 44.8 Å². The molecule has 1 N–H and O–H groups in total. The van der Waals surface area contributed by atoms with Gasteiger partial charge in [-0.25, -0.2) is 0 Å². The molecule has 1 amide bonds. The molecule has 1 aromatic carbocycles. The molecule has 2 heterocycles. The number of amides is 1. The average Bonchev–Trinajstić information content (AvgIpc) is 3.11. The SMILES string of the molecule is COc1cccc(CCC(=O)N2CCC(N3CCNCC3)C2)c1.Cl. The third kappa shape index (κ3) is 4.85. The summed E-state index contributed by atoms with van der Waals surface area (Å²) >= 11 is 0. The van der Waals surface area contributed by atoms with E-state index in [0.717, 1.165) is 63.4 Å². The maximum Gasteiger partial charge on any atom is 0.222 e. The second kappa shape index (κ2) is 9.25. The van der Waals surface area contributed by atoms with Gasteiger partial charge in [0.1, 0.15) is 5.75 Å². The number of carbonyl (C=O) groups excluding carboxylic acids is 1. The maximum atomic E-state index is 12.5. The second-order valence-corrected chi connectivity index (χ2v) is 6.42. The fraction of sp³-hybridized carbons (Fsp3) is 0.611. The van der Waals surface area contributed by atoms with Crippen LogP contribution in [0, 0.1) is 0 Å². The highest BCUT2D eigenvalue weighted by molar-refractivity contribution is 5.85. The van der Waals surface area contributed by atoms with Crippen LogP contribution in [-0.4, -0.2) is 68.1 Å². The van der Waals surface area contributed by atoms with Crippen LogP contribution in [-0.2, 0) is 11.2 Å². The number of piperazine rings is 1. The summed E-state index contributed by atoms with van der Waals surface area (Å²) in [6.07, 6.45) is 2.48. The number of methoxy groups -OCH3 is 1. The van der Waals surface area contributed by atoms with Gasteiger partial charge in [0.2, 0.25) is 5.91 Å². The lowest BCUT2D eigenvalue weighted by atomic mass is 10.1. The van der Waals surface area contributed by atoms with Gasteiger partial charge >= 0.3 is 0 Å². The number of halogens is 1. The largest absolute Gasteiger partial charge is 0.497 e. The predicted molar refractivity (Wildman–Crippen MR) is 98.0 cm³/mol. The standard InChI is InChI=1S/C18H27N3O2.ClH/c1-23-17-4-2-3-15(13-17)5-6-18(22)21-10-7-16(14-21)20-11-8-19-9-12-20;/h2-4,13,16,19H,5-12,14H2,1H3;1H. The van der Waals surface area contributed by atoms with Crippen molar-refractivity contribution in [3.63, 3.8) is 0 Å². The molecule has 0 aliphatic carbocycles. The molecule has 1 atom stereocenters. The van der Waals surface area contributed by atoms with Gasteiger partial charge in [0.25, 0.3) is 0 Å². The molecule has 2 saturated heterocycles. The number of hydrogen-bond acceptors (Lipinski definition) is 4. The maximum absolute atomic E-state index is 12.5. The molecule has 2 aliphatic heterocycles. The van der Waals surface area contributed by atoms with Crippen molar-refractivity contribution in [3.05, 3.63) is 29.8 Å². The number of likely N-dealkylation sites (tertiary alicyclic amines) is 1. The number of benzene rings is 1. The van der Waals surface area contributed by atoms with E-state index in [1.807, 2.05) is 23.1 Å². The number of carbonyl (C=O) groups is 1. The summed E-state index contributed by atoms with van der Waals surface area (Å²) < 4.78 is 5.24. The Labute approximate surface area is 150 Å². The van der Waals surface area contributed by atoms with Gasteiger partial charge in [-0.3, -0.25) is 9.69 Å². The molecule has 5 nitrogen and oxygen atoms in total. The third-order valence-corrected chi connectivity index (χ3v) is 4.95. The van der Waals surface area contributed by atoms with Gasteiger partial charge in [0.05, 0.1) is 7.11 Å². The summed E-state index contributed by atoms with van der Waals surface area (Å²) in [6.45, 7) is 6.16. The number of aryl methyl sites for hydroxylation is 1. The van der Waals surface area contributed by atoms with Gasteiger partial charge in [-0.15, -0.1) is 12.4 Å². The van der Waals surface area contributed by atoms with E-state index in [4.69, 9.17) is 4.74 Å². The Bertz CT molecular complexity index is 535. The van der Waals surface area contributed by atoms with Crippen LogP contribution in [0.25, 0.3) is 0 Å². The first-order valence-corrected chi connectivity index (χ1v) is 8.62. The first kappa shape index (κ1) is 19.0. The third-order valence-electron chi connectivity index (χ3n) is 4.95. The minimum absolute atomic E-state index is 0. The Morgan fingerprint density at radius 2 is 2.08 bits per heavy atom. The van der Waals surface area contributed by atoms with Crippen molar-refractivity contribution in [3.8, 4) is 5.75 Å². The summed E-state index contributed by atoms with van der Waals surface area (Å²) in [4.78, 5) is 17.0. The summed E-state index contributed by atoms with van der Waals surface area (Å²) in [5.41, 5.74) is 1.16. The Morgan fingerprint density at radius 3 is 2.83 bits per heavy atom. The van der Waals surface area contributed by atoms with Crippen LogP contribution < -0.4 is 10.1 Å². The summed E-state index contributed by atoms with van der Waals surface area (Å²) in [5.74, 6) is 1.14. The van der Waals surface area contributed by atoms with E-state index in [-0.39, 0.29) is 18.3 Å². The molecule has 2 fully saturated rings. The zero-order valence-electron chi connectivity index (χ0n) is 14.4. The van der Waals surface area contributed by atoms with E-state index in [0.29, 0.717) is 12.5 Å². The number of rotatable bonds is 5. The zero-order valence-corrected chi connectivity index (χ0v) is 15.2. The van der Waals surface area contributed by atoms with Crippen LogP contribution >= 0.6 is 12.4 Å². The Hall–Kier alpha value is -1.30. The lowest BCUT2D eigenvalue weighted by Gasteiger charge is -2.32. The van der Waals surface area contributed by atoms with Crippen molar-refractivity contribution in [1.29, 1.82) is 0 Å². The average molecular weight is 354 g/mol. The van der Waals surface area contributed by atoms with Crippen molar-refractivity contribution >= 4 is 18.3 Å². The molecule has 6 heteroatoms. The summed E-state index contributed by atoms with van der Waals surface area (Å²) in [7, 11) is 1.67. The van der Waals surface area contributed by atoms with Crippen molar-refractivity contribution in [2.45, 2.75) is 25.3 Å². The van der Waals surface area contributed by atoms with E-state index in [1.54, 1.807) is 7.11 Å². The lowest BCUT2D eigenvalue weighted by Crippen LogP contribution is -2.49. The fourth-order valence-electron chi connectivity index (χ4n) is 3.55. The van der Waals surface area contributed by atoms with Gasteiger partial charge < -0.3 is 15.0 Å². The first-order chi connectivity index (χ1) is 11.3. The van der Waals surface area contributed by atoms with Crippen LogP contribution in [0.4, 0.5) is 0 Å². The minimum atomic E-state index is 0. The van der Waals surface area contributed by atoms with Crippen molar-refractivity contribution in [2.24, 2.45) is 0 Å². The van der Waals surface area contributed by atoms with Gasteiger partial charge in [-0.1, -0.05) is 12.1 Å². The highest BCUT2D eigenvalue weighted by atomic mass is 35.5. The van der Waals surface area contributed by atoms with Gasteiger partial charge in [-0.2, -0.15) is 0 Å². The molecule has 0 saturated carbocycles. The van der Waals surface area contributed by atoms with Crippen LogP contribution in [0.3, 0.4) is 0 Å². The molecule has 1 aromatic rings. The first-order valence-electron chi connectivity index (χ1n) is 8.62.